The quantitative estimate of drug-likeness (QED) is 0.284. The number of carbonyl (C=O) groups excluding carboxylic acids is 1. The second-order valence-electron chi connectivity index (χ2n) is 11.3. The predicted molar refractivity (Wildman–Crippen MR) is 155 cm³/mol. The van der Waals surface area contributed by atoms with E-state index in [1.165, 1.54) is 7.11 Å². The van der Waals surface area contributed by atoms with Crippen molar-refractivity contribution < 1.29 is 19.4 Å². The summed E-state index contributed by atoms with van der Waals surface area (Å²) in [7, 11) is 1.28. The molecule has 1 saturated heterocycles. The number of piperidine rings is 1. The third-order valence-electron chi connectivity index (χ3n) is 8.42. The lowest BCUT2D eigenvalue weighted by Crippen LogP contribution is -2.40. The normalized spacial score (nSPS) is 17.7. The van der Waals surface area contributed by atoms with E-state index in [1.807, 2.05) is 42.1 Å². The van der Waals surface area contributed by atoms with Crippen molar-refractivity contribution in [1.82, 2.24) is 24.4 Å². The number of carbonyl (C=O) groups is 1. The van der Waals surface area contributed by atoms with E-state index in [-0.39, 0.29) is 5.41 Å². The molecule has 0 amide bonds. The number of anilines is 1. The number of aliphatic hydroxyl groups excluding tert-OH is 1. The molecule has 6 bridgehead atoms. The summed E-state index contributed by atoms with van der Waals surface area (Å²) in [6.07, 6.45) is 10.6. The van der Waals surface area contributed by atoms with Crippen molar-refractivity contribution in [2.75, 3.05) is 31.7 Å². The Hall–Kier alpha value is -4.18. The van der Waals surface area contributed by atoms with Gasteiger partial charge in [0.2, 0.25) is 0 Å². The number of aryl methyl sites for hydroxylation is 1. The van der Waals surface area contributed by atoms with Crippen LogP contribution in [0.1, 0.15) is 55.5 Å². The highest BCUT2D eigenvalue weighted by Crippen LogP contribution is 2.40. The molecule has 10 heteroatoms. The number of rotatable bonds is 2. The Balaban J connectivity index is 1.47. The number of fused-ring (bicyclic) bond motifs is 6. The standard InChI is InChI=1S/C31H36N6O4/c1-21-27(28(38)30(39)40-3)29-35-14-12-31(2,13-15-35)11-7-4-8-16-41-25-10-6-5-9-22(25)19-36-20-23(18-32-36)24-17-26(33-21)37(29)34-24/h4-6,8-10,17-18,20,28,38H,7,11-16,19H2,1-3H3. The SMILES string of the molecule is COC(=O)C(O)c1c(C)nc2cc3nn2c1N1CCC(C)(CCC=CCOc2ccccc2Cn2cc-3cn2)CC1. The van der Waals surface area contributed by atoms with Crippen LogP contribution in [0, 0.1) is 12.3 Å². The predicted octanol–water partition coefficient (Wildman–Crippen LogP) is 4.49. The fraction of sp³-hybridized carbons (Fsp3) is 0.419. The molecule has 10 nitrogen and oxygen atoms in total. The van der Waals surface area contributed by atoms with Gasteiger partial charge >= 0.3 is 5.97 Å². The summed E-state index contributed by atoms with van der Waals surface area (Å²) in [5, 5.41) is 20.6. The number of aliphatic hydroxyl groups is 1. The second-order valence-corrected chi connectivity index (χ2v) is 11.3. The average Bonchev–Trinajstić information content (AvgIpc) is 3.61. The lowest BCUT2D eigenvalue weighted by molar-refractivity contribution is -0.150. The Morgan fingerprint density at radius 2 is 1.98 bits per heavy atom. The minimum absolute atomic E-state index is 0.182. The molecule has 0 saturated carbocycles. The van der Waals surface area contributed by atoms with Crippen LogP contribution in [-0.2, 0) is 16.1 Å². The maximum absolute atomic E-state index is 12.5. The Kier molecular flexibility index (Phi) is 7.25. The highest BCUT2D eigenvalue weighted by molar-refractivity contribution is 5.80. The van der Waals surface area contributed by atoms with Gasteiger partial charge in [-0.3, -0.25) is 4.68 Å². The van der Waals surface area contributed by atoms with Gasteiger partial charge in [0.1, 0.15) is 18.2 Å². The molecular formula is C31H36N6O4. The van der Waals surface area contributed by atoms with Crippen LogP contribution in [0.4, 0.5) is 5.82 Å². The lowest BCUT2D eigenvalue weighted by atomic mass is 9.76. The number of para-hydroxylation sites is 1. The van der Waals surface area contributed by atoms with E-state index in [4.69, 9.17) is 19.6 Å². The summed E-state index contributed by atoms with van der Waals surface area (Å²) in [4.78, 5) is 19.5. The summed E-state index contributed by atoms with van der Waals surface area (Å²) in [5.74, 6) is 0.812. The molecule has 214 valence electrons. The first-order chi connectivity index (χ1) is 19.8. The molecule has 7 rings (SSSR count). The van der Waals surface area contributed by atoms with Crippen molar-refractivity contribution in [2.45, 2.75) is 52.2 Å². The largest absolute Gasteiger partial charge is 0.489 e. The van der Waals surface area contributed by atoms with Gasteiger partial charge in [0, 0.05) is 42.2 Å². The van der Waals surface area contributed by atoms with Gasteiger partial charge in [-0.15, -0.1) is 0 Å². The van der Waals surface area contributed by atoms with Gasteiger partial charge in [-0.25, -0.2) is 9.78 Å². The molecule has 6 heterocycles. The zero-order valence-electron chi connectivity index (χ0n) is 23.8. The molecule has 1 N–H and O–H groups in total. The topological polar surface area (TPSA) is 107 Å². The molecule has 3 aliphatic heterocycles. The van der Waals surface area contributed by atoms with Crippen LogP contribution in [0.5, 0.6) is 5.75 Å². The van der Waals surface area contributed by atoms with Gasteiger partial charge in [-0.05, 0) is 44.1 Å². The number of hydrogen-bond donors (Lipinski definition) is 1. The van der Waals surface area contributed by atoms with Crippen molar-refractivity contribution in [3.63, 3.8) is 0 Å². The first-order valence-corrected chi connectivity index (χ1v) is 14.1. The minimum Gasteiger partial charge on any atom is -0.489 e. The number of methoxy groups -OCH3 is 1. The first-order valence-electron chi connectivity index (χ1n) is 14.1. The second kappa shape index (κ2) is 11.0. The van der Waals surface area contributed by atoms with E-state index < -0.39 is 12.1 Å². The third-order valence-corrected chi connectivity index (χ3v) is 8.42. The van der Waals surface area contributed by atoms with Crippen molar-refractivity contribution in [3.8, 4) is 17.0 Å². The van der Waals surface area contributed by atoms with Gasteiger partial charge in [0.15, 0.2) is 11.8 Å². The van der Waals surface area contributed by atoms with Gasteiger partial charge in [0.05, 0.1) is 31.1 Å². The molecule has 41 heavy (non-hydrogen) atoms. The van der Waals surface area contributed by atoms with Crippen LogP contribution in [0.3, 0.4) is 0 Å². The molecule has 3 aromatic heterocycles. The first kappa shape index (κ1) is 27.0. The molecule has 1 unspecified atom stereocenters. The number of ether oxygens (including phenoxy) is 2. The maximum Gasteiger partial charge on any atom is 0.339 e. The maximum atomic E-state index is 12.5. The van der Waals surface area contributed by atoms with Crippen LogP contribution < -0.4 is 9.64 Å². The molecule has 1 fully saturated rings. The van der Waals surface area contributed by atoms with Crippen molar-refractivity contribution in [1.29, 1.82) is 0 Å². The van der Waals surface area contributed by atoms with Crippen molar-refractivity contribution in [2.24, 2.45) is 5.41 Å². The van der Waals surface area contributed by atoms with Gasteiger partial charge < -0.3 is 19.5 Å². The number of nitrogens with zero attached hydrogens (tertiary/aromatic N) is 6. The molecule has 0 radical (unpaired) electrons. The average molecular weight is 557 g/mol. The van der Waals surface area contributed by atoms with E-state index in [2.05, 4.69) is 35.1 Å². The molecular weight excluding hydrogens is 520 g/mol. The number of allylic oxidation sites excluding steroid dienone is 1. The van der Waals surface area contributed by atoms with E-state index in [9.17, 15) is 9.90 Å². The van der Waals surface area contributed by atoms with Crippen LogP contribution in [0.15, 0.2) is 54.9 Å². The zero-order valence-corrected chi connectivity index (χ0v) is 23.8. The van der Waals surface area contributed by atoms with E-state index >= 15 is 0 Å². The van der Waals surface area contributed by atoms with Crippen LogP contribution in [0.25, 0.3) is 16.9 Å². The third kappa shape index (κ3) is 5.31. The van der Waals surface area contributed by atoms with E-state index in [0.717, 1.165) is 55.6 Å². The van der Waals surface area contributed by atoms with Gasteiger partial charge in [0.25, 0.3) is 0 Å². The van der Waals surface area contributed by atoms with Crippen LogP contribution in [0.2, 0.25) is 0 Å². The molecule has 1 atom stereocenters. The number of aromatic nitrogens is 5. The molecule has 0 spiro atoms. The summed E-state index contributed by atoms with van der Waals surface area (Å²) in [6.45, 7) is 6.77. The summed E-state index contributed by atoms with van der Waals surface area (Å²) in [6, 6.07) is 9.95. The van der Waals surface area contributed by atoms with Crippen molar-refractivity contribution in [3.05, 3.63) is 71.7 Å². The molecule has 4 aromatic rings. The highest BCUT2D eigenvalue weighted by atomic mass is 16.5. The smallest absolute Gasteiger partial charge is 0.339 e. The van der Waals surface area contributed by atoms with Crippen LogP contribution in [-0.4, -0.2) is 62.3 Å². The fourth-order valence-corrected chi connectivity index (χ4v) is 5.91. The number of hydrogen-bond acceptors (Lipinski definition) is 8. The molecule has 3 aliphatic rings. The van der Waals surface area contributed by atoms with E-state index in [0.29, 0.717) is 41.6 Å². The summed E-state index contributed by atoms with van der Waals surface area (Å²) < 4.78 is 14.7. The Morgan fingerprint density at radius 1 is 1.17 bits per heavy atom. The highest BCUT2D eigenvalue weighted by Gasteiger charge is 2.35. The zero-order chi connectivity index (χ0) is 28.6. The Morgan fingerprint density at radius 3 is 2.78 bits per heavy atom. The lowest BCUT2D eigenvalue weighted by Gasteiger charge is -2.41. The Labute approximate surface area is 239 Å². The van der Waals surface area contributed by atoms with Gasteiger partial charge in [-0.2, -0.15) is 14.7 Å². The van der Waals surface area contributed by atoms with Crippen LogP contribution >= 0.6 is 0 Å². The monoisotopic (exact) mass is 556 g/mol. The minimum atomic E-state index is -1.46. The summed E-state index contributed by atoms with van der Waals surface area (Å²) in [5.41, 5.74) is 4.42. The van der Waals surface area contributed by atoms with E-state index in [1.54, 1.807) is 10.7 Å². The Bertz CT molecular complexity index is 1600. The number of esters is 1. The molecule has 1 aromatic carbocycles. The molecule has 0 aliphatic carbocycles. The summed E-state index contributed by atoms with van der Waals surface area (Å²) >= 11 is 0. The van der Waals surface area contributed by atoms with Gasteiger partial charge in [-0.1, -0.05) is 37.3 Å². The van der Waals surface area contributed by atoms with Crippen molar-refractivity contribution >= 4 is 17.4 Å². The number of benzene rings is 1. The fourth-order valence-electron chi connectivity index (χ4n) is 5.91.